The van der Waals surface area contributed by atoms with E-state index in [0.29, 0.717) is 6.42 Å². The van der Waals surface area contributed by atoms with E-state index in [1.165, 1.54) is 14.0 Å². The molecule has 0 aromatic rings. The number of ether oxygens (including phenoxy) is 1. The van der Waals surface area contributed by atoms with E-state index in [1.54, 1.807) is 0 Å². The minimum Gasteiger partial charge on any atom is -0.469 e. The topological polar surface area (TPSA) is 60.4 Å². The van der Waals surface area contributed by atoms with Gasteiger partial charge in [-0.3, -0.25) is 14.4 Å². The molecule has 0 saturated heterocycles. The van der Waals surface area contributed by atoms with Gasteiger partial charge in [-0.2, -0.15) is 0 Å². The average molecular weight is 184 g/mol. The fourth-order valence-corrected chi connectivity index (χ4v) is 1.65. The van der Waals surface area contributed by atoms with Crippen LogP contribution < -0.4 is 0 Å². The maximum absolute atomic E-state index is 11.0. The number of hydrogen-bond acceptors (Lipinski definition) is 4. The number of hydrogen-bond donors (Lipinski definition) is 0. The van der Waals surface area contributed by atoms with Crippen molar-refractivity contribution in [2.45, 2.75) is 19.8 Å². The smallest absolute Gasteiger partial charge is 0.305 e. The summed E-state index contributed by atoms with van der Waals surface area (Å²) in [6.45, 7) is 1.38. The van der Waals surface area contributed by atoms with Gasteiger partial charge in [0, 0.05) is 12.8 Å². The third kappa shape index (κ3) is 1.94. The third-order valence-corrected chi connectivity index (χ3v) is 2.38. The summed E-state index contributed by atoms with van der Waals surface area (Å²) in [7, 11) is 1.30. The van der Waals surface area contributed by atoms with E-state index in [4.69, 9.17) is 0 Å². The Morgan fingerprint density at radius 2 is 2.15 bits per heavy atom. The molecule has 1 fully saturated rings. The van der Waals surface area contributed by atoms with Crippen LogP contribution in [0.1, 0.15) is 19.8 Å². The summed E-state index contributed by atoms with van der Waals surface area (Å²) in [6, 6.07) is 0. The average Bonchev–Trinajstić information content (AvgIpc) is 2.01. The van der Waals surface area contributed by atoms with Gasteiger partial charge in [0.05, 0.1) is 13.0 Å². The zero-order valence-corrected chi connectivity index (χ0v) is 7.70. The van der Waals surface area contributed by atoms with Crippen molar-refractivity contribution in [3.63, 3.8) is 0 Å². The van der Waals surface area contributed by atoms with Crippen LogP contribution in [0.4, 0.5) is 0 Å². The second-order valence-corrected chi connectivity index (χ2v) is 3.30. The van der Waals surface area contributed by atoms with E-state index in [-0.39, 0.29) is 29.9 Å². The molecule has 0 aliphatic heterocycles. The van der Waals surface area contributed by atoms with E-state index < -0.39 is 5.92 Å². The van der Waals surface area contributed by atoms with Gasteiger partial charge in [-0.25, -0.2) is 0 Å². The van der Waals surface area contributed by atoms with E-state index in [9.17, 15) is 14.4 Å². The normalized spacial score (nSPS) is 26.5. The zero-order chi connectivity index (χ0) is 10.0. The molecule has 1 rings (SSSR count). The monoisotopic (exact) mass is 184 g/mol. The predicted molar refractivity (Wildman–Crippen MR) is 43.9 cm³/mol. The van der Waals surface area contributed by atoms with Gasteiger partial charge in [0.25, 0.3) is 0 Å². The molecule has 72 valence electrons. The maximum Gasteiger partial charge on any atom is 0.305 e. The SMILES string of the molecule is COC(=O)C[C@@H]1CC(=O)[C@H]1C(C)=O. The molecule has 0 spiro atoms. The quantitative estimate of drug-likeness (QED) is 0.469. The largest absolute Gasteiger partial charge is 0.469 e. The molecule has 1 aliphatic carbocycles. The molecule has 0 aromatic carbocycles. The Hall–Kier alpha value is -1.19. The van der Waals surface area contributed by atoms with Crippen LogP contribution in [0.3, 0.4) is 0 Å². The summed E-state index contributed by atoms with van der Waals surface area (Å²) < 4.78 is 4.46. The van der Waals surface area contributed by atoms with Crippen LogP contribution in [-0.4, -0.2) is 24.6 Å². The molecule has 4 heteroatoms. The summed E-state index contributed by atoms with van der Waals surface area (Å²) in [5, 5.41) is 0. The van der Waals surface area contributed by atoms with Crippen LogP contribution in [0.5, 0.6) is 0 Å². The lowest BCUT2D eigenvalue weighted by Crippen LogP contribution is -2.42. The molecule has 2 atom stereocenters. The molecule has 0 amide bonds. The highest BCUT2D eigenvalue weighted by Gasteiger charge is 2.43. The number of Topliss-reactive ketones (excluding diaryl/α,β-unsaturated/α-hetero) is 2. The van der Waals surface area contributed by atoms with Gasteiger partial charge in [0.1, 0.15) is 11.6 Å². The summed E-state index contributed by atoms with van der Waals surface area (Å²) in [5.74, 6) is -1.24. The number of carbonyl (C=O) groups is 3. The Morgan fingerprint density at radius 1 is 1.54 bits per heavy atom. The number of carbonyl (C=O) groups excluding carboxylic acids is 3. The molecule has 0 unspecified atom stereocenters. The van der Waals surface area contributed by atoms with Crippen molar-refractivity contribution in [1.82, 2.24) is 0 Å². The van der Waals surface area contributed by atoms with Crippen molar-refractivity contribution in [2.24, 2.45) is 11.8 Å². The van der Waals surface area contributed by atoms with E-state index in [0.717, 1.165) is 0 Å². The number of rotatable bonds is 3. The number of esters is 1. The molecular weight excluding hydrogens is 172 g/mol. The Balaban J connectivity index is 2.50. The first-order valence-corrected chi connectivity index (χ1v) is 4.16. The molecule has 0 bridgehead atoms. The second-order valence-electron chi connectivity index (χ2n) is 3.30. The lowest BCUT2D eigenvalue weighted by atomic mass is 9.69. The molecule has 0 heterocycles. The molecular formula is C9H12O4. The maximum atomic E-state index is 11.0. The van der Waals surface area contributed by atoms with Gasteiger partial charge in [-0.05, 0) is 12.8 Å². The molecule has 1 saturated carbocycles. The lowest BCUT2D eigenvalue weighted by Gasteiger charge is -2.31. The van der Waals surface area contributed by atoms with E-state index in [1.807, 2.05) is 0 Å². The van der Waals surface area contributed by atoms with Crippen molar-refractivity contribution in [3.05, 3.63) is 0 Å². The Labute approximate surface area is 76.3 Å². The summed E-state index contributed by atoms with van der Waals surface area (Å²) >= 11 is 0. The summed E-state index contributed by atoms with van der Waals surface area (Å²) in [4.78, 5) is 32.8. The molecule has 1 aliphatic rings. The van der Waals surface area contributed by atoms with Crippen molar-refractivity contribution >= 4 is 17.5 Å². The van der Waals surface area contributed by atoms with Crippen LogP contribution in [0.2, 0.25) is 0 Å². The highest BCUT2D eigenvalue weighted by Crippen LogP contribution is 2.34. The fourth-order valence-electron chi connectivity index (χ4n) is 1.65. The fraction of sp³-hybridized carbons (Fsp3) is 0.667. The third-order valence-electron chi connectivity index (χ3n) is 2.38. The van der Waals surface area contributed by atoms with E-state index in [2.05, 4.69) is 4.74 Å². The highest BCUT2D eigenvalue weighted by atomic mass is 16.5. The molecule has 13 heavy (non-hydrogen) atoms. The van der Waals surface area contributed by atoms with Crippen LogP contribution in [-0.2, 0) is 19.1 Å². The van der Waals surface area contributed by atoms with E-state index >= 15 is 0 Å². The Morgan fingerprint density at radius 3 is 2.54 bits per heavy atom. The number of methoxy groups -OCH3 is 1. The molecule has 0 N–H and O–H groups in total. The van der Waals surface area contributed by atoms with Gasteiger partial charge in [-0.1, -0.05) is 0 Å². The van der Waals surface area contributed by atoms with Crippen LogP contribution >= 0.6 is 0 Å². The van der Waals surface area contributed by atoms with Gasteiger partial charge in [0.2, 0.25) is 0 Å². The number of ketones is 2. The van der Waals surface area contributed by atoms with Gasteiger partial charge in [-0.15, -0.1) is 0 Å². The van der Waals surface area contributed by atoms with Crippen LogP contribution in [0, 0.1) is 11.8 Å². The van der Waals surface area contributed by atoms with Crippen LogP contribution in [0.25, 0.3) is 0 Å². The van der Waals surface area contributed by atoms with Crippen LogP contribution in [0.15, 0.2) is 0 Å². The van der Waals surface area contributed by atoms with Crippen molar-refractivity contribution < 1.29 is 19.1 Å². The Kier molecular flexibility index (Phi) is 2.80. The molecule has 4 nitrogen and oxygen atoms in total. The lowest BCUT2D eigenvalue weighted by molar-refractivity contribution is -0.148. The summed E-state index contributed by atoms with van der Waals surface area (Å²) in [5.41, 5.74) is 0. The first-order valence-electron chi connectivity index (χ1n) is 4.16. The highest BCUT2D eigenvalue weighted by molar-refractivity contribution is 6.06. The summed E-state index contributed by atoms with van der Waals surface area (Å²) in [6.07, 6.45) is 0.506. The van der Waals surface area contributed by atoms with Gasteiger partial charge >= 0.3 is 5.97 Å². The minimum absolute atomic E-state index is 0.0543. The predicted octanol–water partition coefficient (Wildman–Crippen LogP) is 0.344. The van der Waals surface area contributed by atoms with Gasteiger partial charge < -0.3 is 4.74 Å². The van der Waals surface area contributed by atoms with Crippen molar-refractivity contribution in [2.75, 3.05) is 7.11 Å². The minimum atomic E-state index is -0.556. The standard InChI is InChI=1S/C9H12O4/c1-5(10)9-6(3-7(9)11)4-8(12)13-2/h6,9H,3-4H2,1-2H3/t6-,9-/m0/s1. The van der Waals surface area contributed by atoms with Gasteiger partial charge in [0.15, 0.2) is 0 Å². The molecule has 0 radical (unpaired) electrons. The van der Waals surface area contributed by atoms with Crippen molar-refractivity contribution in [3.8, 4) is 0 Å². The second kappa shape index (κ2) is 3.68. The van der Waals surface area contributed by atoms with Crippen molar-refractivity contribution in [1.29, 1.82) is 0 Å². The first kappa shape index (κ1) is 9.89. The Bertz CT molecular complexity index is 248. The first-order chi connectivity index (χ1) is 6.06. The zero-order valence-electron chi connectivity index (χ0n) is 7.70. The molecule has 0 aromatic heterocycles.